The summed E-state index contributed by atoms with van der Waals surface area (Å²) in [6, 6.07) is 18.9. The average molecular weight is 453 g/mol. The van der Waals surface area contributed by atoms with Crippen LogP contribution in [0.2, 0.25) is 0 Å². The molecule has 3 aromatic carbocycles. The number of nitrogens with one attached hydrogen (secondary N) is 3. The summed E-state index contributed by atoms with van der Waals surface area (Å²) < 4.78 is 28.5. The Morgan fingerprint density at radius 2 is 1.68 bits per heavy atom. The summed E-state index contributed by atoms with van der Waals surface area (Å²) >= 11 is 1.20. The monoisotopic (exact) mass is 452 g/mol. The number of aryl methyl sites for hydroxylation is 2. The fourth-order valence-electron chi connectivity index (χ4n) is 2.94. The second kappa shape index (κ2) is 8.37. The highest BCUT2D eigenvalue weighted by molar-refractivity contribution is 7.93. The number of thiazole rings is 1. The molecule has 0 aliphatic rings. The van der Waals surface area contributed by atoms with E-state index in [1.165, 1.54) is 11.3 Å². The molecule has 2 amide bonds. The zero-order chi connectivity index (χ0) is 22.0. The van der Waals surface area contributed by atoms with Crippen molar-refractivity contribution in [3.63, 3.8) is 0 Å². The number of fused-ring (bicyclic) bond motifs is 1. The minimum Gasteiger partial charge on any atom is -0.308 e. The third kappa shape index (κ3) is 4.84. The third-order valence-electron chi connectivity index (χ3n) is 4.59. The van der Waals surface area contributed by atoms with Crippen LogP contribution >= 0.6 is 11.3 Å². The normalized spacial score (nSPS) is 11.3. The molecular formula is C22H20N4O3S2. The van der Waals surface area contributed by atoms with Gasteiger partial charge in [-0.1, -0.05) is 47.2 Å². The zero-order valence-corrected chi connectivity index (χ0v) is 18.5. The molecule has 0 fully saturated rings. The van der Waals surface area contributed by atoms with Crippen LogP contribution in [0.15, 0.2) is 71.6 Å². The number of carbonyl (C=O) groups is 1. The summed E-state index contributed by atoms with van der Waals surface area (Å²) in [5.74, 6) is 0. The fourth-order valence-corrected chi connectivity index (χ4v) is 5.08. The first-order valence-electron chi connectivity index (χ1n) is 9.44. The molecule has 0 aliphatic heterocycles. The highest BCUT2D eigenvalue weighted by atomic mass is 32.2. The molecule has 9 heteroatoms. The largest absolute Gasteiger partial charge is 0.323 e. The lowest BCUT2D eigenvalue weighted by Crippen LogP contribution is -2.19. The molecule has 0 unspecified atom stereocenters. The molecule has 1 aromatic heterocycles. The van der Waals surface area contributed by atoms with Crippen LogP contribution in [-0.4, -0.2) is 19.4 Å². The van der Waals surface area contributed by atoms with Crippen molar-refractivity contribution in [2.24, 2.45) is 0 Å². The molecule has 31 heavy (non-hydrogen) atoms. The molecular weight excluding hydrogens is 432 g/mol. The van der Waals surface area contributed by atoms with Gasteiger partial charge < -0.3 is 10.6 Å². The Balaban J connectivity index is 1.50. The molecule has 7 nitrogen and oxygen atoms in total. The number of para-hydroxylation sites is 1. The Bertz CT molecular complexity index is 1360. The smallest absolute Gasteiger partial charge is 0.308 e. The van der Waals surface area contributed by atoms with Crippen LogP contribution in [0.4, 0.5) is 21.3 Å². The molecule has 0 saturated heterocycles. The lowest BCUT2D eigenvalue weighted by Gasteiger charge is -2.09. The number of aromatic nitrogens is 1. The van der Waals surface area contributed by atoms with Gasteiger partial charge in [-0.2, -0.15) is 0 Å². The summed E-state index contributed by atoms with van der Waals surface area (Å²) in [7, 11) is -3.73. The highest BCUT2D eigenvalue weighted by Gasteiger charge is 2.16. The number of nitrogens with zero attached hydrogens (tertiary/aromatic N) is 1. The SMILES string of the molecule is Cc1ccc(S(=O)(=O)Nc2nc3ccc(NC(=O)Nc4ccccc4C)cc3s2)cc1. The number of anilines is 3. The van der Waals surface area contributed by atoms with Crippen LogP contribution in [-0.2, 0) is 10.0 Å². The number of benzene rings is 3. The van der Waals surface area contributed by atoms with Crippen molar-refractivity contribution in [2.45, 2.75) is 18.7 Å². The van der Waals surface area contributed by atoms with E-state index in [1.807, 2.05) is 38.1 Å². The molecule has 3 N–H and O–H groups in total. The van der Waals surface area contributed by atoms with Gasteiger partial charge in [0.1, 0.15) is 0 Å². The van der Waals surface area contributed by atoms with Gasteiger partial charge in [0.05, 0.1) is 15.1 Å². The van der Waals surface area contributed by atoms with Gasteiger partial charge >= 0.3 is 6.03 Å². The maximum atomic E-state index is 12.6. The summed E-state index contributed by atoms with van der Waals surface area (Å²) in [6.45, 7) is 3.81. The minimum atomic E-state index is -3.73. The van der Waals surface area contributed by atoms with E-state index >= 15 is 0 Å². The maximum Gasteiger partial charge on any atom is 0.323 e. The van der Waals surface area contributed by atoms with Gasteiger partial charge in [-0.15, -0.1) is 0 Å². The summed E-state index contributed by atoms with van der Waals surface area (Å²) in [6.07, 6.45) is 0. The lowest BCUT2D eigenvalue weighted by molar-refractivity contribution is 0.262. The molecule has 0 spiro atoms. The van der Waals surface area contributed by atoms with Gasteiger partial charge in [0.15, 0.2) is 5.13 Å². The third-order valence-corrected chi connectivity index (χ3v) is 7.01. The number of hydrogen-bond donors (Lipinski definition) is 3. The van der Waals surface area contributed by atoms with Crippen molar-refractivity contribution >= 4 is 54.1 Å². The van der Waals surface area contributed by atoms with E-state index in [0.29, 0.717) is 11.2 Å². The molecule has 0 saturated carbocycles. The fraction of sp³-hybridized carbons (Fsp3) is 0.0909. The highest BCUT2D eigenvalue weighted by Crippen LogP contribution is 2.30. The van der Waals surface area contributed by atoms with Crippen LogP contribution in [0, 0.1) is 13.8 Å². The van der Waals surface area contributed by atoms with Crippen LogP contribution in [0.1, 0.15) is 11.1 Å². The minimum absolute atomic E-state index is 0.174. The standard InChI is InChI=1S/C22H20N4O3S2/c1-14-7-10-17(11-8-14)31(28,29)26-22-25-19-12-9-16(13-20(19)30-22)23-21(27)24-18-6-4-3-5-15(18)2/h3-13H,1-2H3,(H,25,26)(H2,23,24,27). The molecule has 0 bridgehead atoms. The lowest BCUT2D eigenvalue weighted by atomic mass is 10.2. The quantitative estimate of drug-likeness (QED) is 0.380. The van der Waals surface area contributed by atoms with E-state index in [9.17, 15) is 13.2 Å². The van der Waals surface area contributed by atoms with E-state index in [4.69, 9.17) is 0 Å². The Hall–Kier alpha value is -3.43. The van der Waals surface area contributed by atoms with Crippen LogP contribution in [0.25, 0.3) is 10.2 Å². The topological polar surface area (TPSA) is 100 Å². The van der Waals surface area contributed by atoms with Gasteiger partial charge in [-0.05, 0) is 55.8 Å². The van der Waals surface area contributed by atoms with Gasteiger partial charge in [-0.25, -0.2) is 18.2 Å². The van der Waals surface area contributed by atoms with Crippen LogP contribution in [0.3, 0.4) is 0 Å². The molecule has 0 radical (unpaired) electrons. The van der Waals surface area contributed by atoms with Gasteiger partial charge in [0.2, 0.25) is 0 Å². The van der Waals surface area contributed by atoms with Crippen LogP contribution < -0.4 is 15.4 Å². The van der Waals surface area contributed by atoms with Gasteiger partial charge in [0, 0.05) is 11.4 Å². The number of amides is 2. The van der Waals surface area contributed by atoms with Crippen molar-refractivity contribution in [1.82, 2.24) is 4.98 Å². The van der Waals surface area contributed by atoms with E-state index in [-0.39, 0.29) is 16.1 Å². The number of hydrogen-bond acceptors (Lipinski definition) is 5. The Labute approximate surface area is 184 Å². The van der Waals surface area contributed by atoms with E-state index in [1.54, 1.807) is 42.5 Å². The first kappa shape index (κ1) is 20.8. The average Bonchev–Trinajstić information content (AvgIpc) is 3.10. The zero-order valence-electron chi connectivity index (χ0n) is 16.8. The number of urea groups is 1. The van der Waals surface area contributed by atoms with Crippen molar-refractivity contribution in [1.29, 1.82) is 0 Å². The molecule has 1 heterocycles. The van der Waals surface area contributed by atoms with E-state index < -0.39 is 10.0 Å². The Kier molecular flexibility index (Phi) is 5.62. The predicted octanol–water partition coefficient (Wildman–Crippen LogP) is 5.36. The molecule has 0 atom stereocenters. The second-order valence-corrected chi connectivity index (χ2v) is 9.73. The molecule has 4 rings (SSSR count). The van der Waals surface area contributed by atoms with Crippen molar-refractivity contribution in [3.05, 3.63) is 77.9 Å². The van der Waals surface area contributed by atoms with Gasteiger partial charge in [0.25, 0.3) is 10.0 Å². The van der Waals surface area contributed by atoms with Gasteiger partial charge in [-0.3, -0.25) is 4.72 Å². The number of sulfonamides is 1. The number of carbonyl (C=O) groups excluding carboxylic acids is 1. The van der Waals surface area contributed by atoms with Crippen molar-refractivity contribution in [2.75, 3.05) is 15.4 Å². The summed E-state index contributed by atoms with van der Waals surface area (Å²) in [5.41, 5.74) is 3.88. The Morgan fingerprint density at radius 3 is 2.42 bits per heavy atom. The van der Waals surface area contributed by atoms with Crippen molar-refractivity contribution in [3.8, 4) is 0 Å². The second-order valence-electron chi connectivity index (χ2n) is 7.01. The van der Waals surface area contributed by atoms with E-state index in [0.717, 1.165) is 21.5 Å². The van der Waals surface area contributed by atoms with Crippen LogP contribution in [0.5, 0.6) is 0 Å². The van der Waals surface area contributed by atoms with E-state index in [2.05, 4.69) is 20.3 Å². The first-order chi connectivity index (χ1) is 14.8. The Morgan fingerprint density at radius 1 is 0.935 bits per heavy atom. The van der Waals surface area contributed by atoms with Crippen molar-refractivity contribution < 1.29 is 13.2 Å². The first-order valence-corrected chi connectivity index (χ1v) is 11.7. The molecule has 4 aromatic rings. The summed E-state index contributed by atoms with van der Waals surface area (Å²) in [5, 5.41) is 5.86. The predicted molar refractivity (Wildman–Crippen MR) is 125 cm³/mol. The number of rotatable bonds is 5. The molecule has 0 aliphatic carbocycles. The maximum absolute atomic E-state index is 12.6. The summed E-state index contributed by atoms with van der Waals surface area (Å²) in [4.78, 5) is 16.8. The molecule has 158 valence electrons.